The van der Waals surface area contributed by atoms with Crippen molar-refractivity contribution in [1.82, 2.24) is 9.62 Å². The van der Waals surface area contributed by atoms with Crippen LogP contribution in [-0.4, -0.2) is 45.0 Å². The third kappa shape index (κ3) is 4.76. The maximum Gasteiger partial charge on any atom is 0.260 e. The number of aryl methyl sites for hydroxylation is 1. The van der Waals surface area contributed by atoms with Crippen LogP contribution in [0.4, 0.5) is 0 Å². The van der Waals surface area contributed by atoms with E-state index in [1.807, 2.05) is 4.90 Å². The zero-order valence-electron chi connectivity index (χ0n) is 15.4. The van der Waals surface area contributed by atoms with Gasteiger partial charge in [0.05, 0.1) is 4.90 Å². The monoisotopic (exact) mass is 380 g/mol. The van der Waals surface area contributed by atoms with Crippen LogP contribution in [0.25, 0.3) is 0 Å². The van der Waals surface area contributed by atoms with Gasteiger partial charge in [-0.25, -0.2) is 13.1 Å². The number of rotatable bonds is 6. The molecule has 0 unspecified atom stereocenters. The van der Waals surface area contributed by atoms with Gasteiger partial charge in [-0.1, -0.05) is 19.3 Å². The van der Waals surface area contributed by atoms with Gasteiger partial charge >= 0.3 is 0 Å². The first-order valence-electron chi connectivity index (χ1n) is 9.49. The Kier molecular flexibility index (Phi) is 6.19. The summed E-state index contributed by atoms with van der Waals surface area (Å²) in [6.45, 7) is 3.39. The number of ether oxygens (including phenoxy) is 1. The fourth-order valence-electron chi connectivity index (χ4n) is 3.66. The number of carbonyl (C=O) groups is 1. The van der Waals surface area contributed by atoms with Crippen LogP contribution in [0.5, 0.6) is 5.75 Å². The van der Waals surface area contributed by atoms with Gasteiger partial charge in [0.2, 0.25) is 10.0 Å². The predicted molar refractivity (Wildman–Crippen MR) is 99.7 cm³/mol. The summed E-state index contributed by atoms with van der Waals surface area (Å²) in [6.07, 6.45) is 7.22. The van der Waals surface area contributed by atoms with E-state index in [0.29, 0.717) is 11.3 Å². The highest BCUT2D eigenvalue weighted by Gasteiger charge is 2.23. The van der Waals surface area contributed by atoms with Gasteiger partial charge in [0.15, 0.2) is 6.61 Å². The van der Waals surface area contributed by atoms with E-state index >= 15 is 0 Å². The minimum atomic E-state index is -3.52. The largest absolute Gasteiger partial charge is 0.483 e. The summed E-state index contributed by atoms with van der Waals surface area (Å²) in [4.78, 5) is 14.1. The van der Waals surface area contributed by atoms with Crippen molar-refractivity contribution in [3.05, 3.63) is 23.8 Å². The number of hydrogen-bond donors (Lipinski definition) is 1. The van der Waals surface area contributed by atoms with Gasteiger partial charge in [-0.05, 0) is 56.4 Å². The molecule has 2 fully saturated rings. The van der Waals surface area contributed by atoms with Crippen molar-refractivity contribution >= 4 is 15.9 Å². The molecule has 0 spiro atoms. The number of carbonyl (C=O) groups excluding carboxylic acids is 1. The van der Waals surface area contributed by atoms with Crippen molar-refractivity contribution in [2.45, 2.75) is 62.8 Å². The summed E-state index contributed by atoms with van der Waals surface area (Å²) >= 11 is 0. The first kappa shape index (κ1) is 19.2. The van der Waals surface area contributed by atoms with Crippen LogP contribution in [0.2, 0.25) is 0 Å². The fraction of sp³-hybridized carbons (Fsp3) is 0.632. The molecule has 1 aromatic carbocycles. The second-order valence-electron chi connectivity index (χ2n) is 7.26. The average Bonchev–Trinajstić information content (AvgIpc) is 3.15. The van der Waals surface area contributed by atoms with Gasteiger partial charge in [-0.2, -0.15) is 0 Å². The van der Waals surface area contributed by atoms with Gasteiger partial charge in [-0.3, -0.25) is 4.79 Å². The molecule has 1 aliphatic heterocycles. The lowest BCUT2D eigenvalue weighted by molar-refractivity contribution is -0.132. The first-order valence-corrected chi connectivity index (χ1v) is 11.0. The van der Waals surface area contributed by atoms with Gasteiger partial charge in [0, 0.05) is 19.1 Å². The molecule has 1 amide bonds. The first-order chi connectivity index (χ1) is 12.5. The molecule has 2 aliphatic rings. The molecule has 1 N–H and O–H groups in total. The molecule has 1 saturated carbocycles. The lowest BCUT2D eigenvalue weighted by Crippen LogP contribution is -2.36. The average molecular weight is 381 g/mol. The quantitative estimate of drug-likeness (QED) is 0.823. The highest BCUT2D eigenvalue weighted by Crippen LogP contribution is 2.24. The van der Waals surface area contributed by atoms with Crippen LogP contribution >= 0.6 is 0 Å². The number of nitrogens with one attached hydrogen (secondary N) is 1. The smallest absolute Gasteiger partial charge is 0.260 e. The van der Waals surface area contributed by atoms with Crippen molar-refractivity contribution in [2.24, 2.45) is 0 Å². The highest BCUT2D eigenvalue weighted by molar-refractivity contribution is 7.89. The van der Waals surface area contributed by atoms with Gasteiger partial charge in [0.25, 0.3) is 5.91 Å². The number of amides is 1. The summed E-state index contributed by atoms with van der Waals surface area (Å²) < 4.78 is 33.6. The molecular formula is C19H28N2O4S. The lowest BCUT2D eigenvalue weighted by atomic mass is 9.96. The van der Waals surface area contributed by atoms with Crippen molar-refractivity contribution in [1.29, 1.82) is 0 Å². The second-order valence-corrected chi connectivity index (χ2v) is 8.97. The molecule has 1 aliphatic carbocycles. The molecule has 1 aromatic rings. The molecule has 3 rings (SSSR count). The lowest BCUT2D eigenvalue weighted by Gasteiger charge is -2.22. The van der Waals surface area contributed by atoms with Crippen LogP contribution in [0.3, 0.4) is 0 Å². The van der Waals surface area contributed by atoms with Crippen molar-refractivity contribution in [2.75, 3.05) is 19.7 Å². The van der Waals surface area contributed by atoms with E-state index in [1.165, 1.54) is 6.42 Å². The van der Waals surface area contributed by atoms with Crippen LogP contribution in [0.1, 0.15) is 50.5 Å². The standard InChI is InChI=1S/C19H28N2O4S/c1-15-13-17(26(23,24)20-16-7-3-2-4-8-16)9-10-18(15)25-14-19(22)21-11-5-6-12-21/h9-10,13,16,20H,2-8,11-12,14H2,1H3. The van der Waals surface area contributed by atoms with Crippen molar-refractivity contribution < 1.29 is 17.9 Å². The van der Waals surface area contributed by atoms with Crippen molar-refractivity contribution in [3.8, 4) is 5.75 Å². The Labute approximate surface area is 156 Å². The van der Waals surface area contributed by atoms with E-state index in [0.717, 1.165) is 51.6 Å². The van der Waals surface area contributed by atoms with Gasteiger partial charge in [-0.15, -0.1) is 0 Å². The molecule has 0 bridgehead atoms. The highest BCUT2D eigenvalue weighted by atomic mass is 32.2. The zero-order chi connectivity index (χ0) is 18.6. The Morgan fingerprint density at radius 2 is 1.85 bits per heavy atom. The van der Waals surface area contributed by atoms with Gasteiger partial charge in [0.1, 0.15) is 5.75 Å². The Hall–Kier alpha value is -1.60. The molecule has 0 atom stereocenters. The molecule has 1 saturated heterocycles. The number of nitrogens with zero attached hydrogens (tertiary/aromatic N) is 1. The third-order valence-corrected chi connectivity index (χ3v) is 6.71. The molecule has 6 nitrogen and oxygen atoms in total. The van der Waals surface area contributed by atoms with Crippen LogP contribution in [0.15, 0.2) is 23.1 Å². The normalized spacial score (nSPS) is 18.9. The van der Waals surface area contributed by atoms with E-state index in [-0.39, 0.29) is 23.5 Å². The number of likely N-dealkylation sites (tertiary alicyclic amines) is 1. The SMILES string of the molecule is Cc1cc(S(=O)(=O)NC2CCCCC2)ccc1OCC(=O)N1CCCC1. The number of hydrogen-bond acceptors (Lipinski definition) is 4. The third-order valence-electron chi connectivity index (χ3n) is 5.19. The van der Waals surface area contributed by atoms with E-state index in [9.17, 15) is 13.2 Å². The van der Waals surface area contributed by atoms with Gasteiger partial charge < -0.3 is 9.64 Å². The predicted octanol–water partition coefficient (Wildman–Crippen LogP) is 2.61. The van der Waals surface area contributed by atoms with E-state index < -0.39 is 10.0 Å². The summed E-state index contributed by atoms with van der Waals surface area (Å²) in [5.74, 6) is 0.534. The summed E-state index contributed by atoms with van der Waals surface area (Å²) in [5.41, 5.74) is 0.714. The Bertz CT molecular complexity index is 736. The maximum atomic E-state index is 12.6. The minimum absolute atomic E-state index is 0.00669. The van der Waals surface area contributed by atoms with E-state index in [4.69, 9.17) is 4.74 Å². The summed E-state index contributed by atoms with van der Waals surface area (Å²) in [7, 11) is -3.52. The fourth-order valence-corrected chi connectivity index (χ4v) is 5.05. The second kappa shape index (κ2) is 8.39. The van der Waals surface area contributed by atoms with Crippen LogP contribution in [0, 0.1) is 6.92 Å². The number of sulfonamides is 1. The molecule has 1 heterocycles. The van der Waals surface area contributed by atoms with E-state index in [2.05, 4.69) is 4.72 Å². The van der Waals surface area contributed by atoms with E-state index in [1.54, 1.807) is 25.1 Å². The minimum Gasteiger partial charge on any atom is -0.483 e. The number of benzene rings is 1. The molecule has 144 valence electrons. The molecule has 0 aromatic heterocycles. The van der Waals surface area contributed by atoms with Crippen LogP contribution in [-0.2, 0) is 14.8 Å². The Balaban J connectivity index is 1.61. The summed E-state index contributed by atoms with van der Waals surface area (Å²) in [6, 6.07) is 4.83. The Morgan fingerprint density at radius 3 is 2.50 bits per heavy atom. The molecule has 26 heavy (non-hydrogen) atoms. The molecule has 0 radical (unpaired) electrons. The Morgan fingerprint density at radius 1 is 1.15 bits per heavy atom. The maximum absolute atomic E-state index is 12.6. The molecular weight excluding hydrogens is 352 g/mol. The molecule has 7 heteroatoms. The summed E-state index contributed by atoms with van der Waals surface area (Å²) in [5, 5.41) is 0. The van der Waals surface area contributed by atoms with Crippen molar-refractivity contribution in [3.63, 3.8) is 0 Å². The topological polar surface area (TPSA) is 75.7 Å². The van der Waals surface area contributed by atoms with Crippen LogP contribution < -0.4 is 9.46 Å². The zero-order valence-corrected chi connectivity index (χ0v) is 16.2.